The van der Waals surface area contributed by atoms with E-state index in [2.05, 4.69) is 15.9 Å². The molecule has 0 radical (unpaired) electrons. The van der Waals surface area contributed by atoms with Crippen LogP contribution in [-0.4, -0.2) is 52.9 Å². The Morgan fingerprint density at radius 2 is 1.79 bits per heavy atom. The van der Waals surface area contributed by atoms with Crippen molar-refractivity contribution >= 4 is 27.5 Å². The van der Waals surface area contributed by atoms with E-state index in [0.717, 1.165) is 47.6 Å². The molecule has 28 heavy (non-hydrogen) atoms. The van der Waals surface area contributed by atoms with Crippen molar-refractivity contribution in [3.63, 3.8) is 0 Å². The molecular weight excluding hydrogens is 366 g/mol. The normalized spacial score (nSPS) is 20.3. The van der Waals surface area contributed by atoms with E-state index in [1.807, 2.05) is 42.5 Å². The smallest absolute Gasteiger partial charge is 0.254 e. The Morgan fingerprint density at radius 1 is 1.00 bits per heavy atom. The number of likely N-dealkylation sites (tertiary alicyclic amines) is 2. The fourth-order valence-corrected chi connectivity index (χ4v) is 5.44. The summed E-state index contributed by atoms with van der Waals surface area (Å²) in [4.78, 5) is 22.5. The minimum Gasteiger partial charge on any atom is -0.334 e. The van der Waals surface area contributed by atoms with Gasteiger partial charge in [0.15, 0.2) is 0 Å². The Hall–Kier alpha value is -2.24. The van der Waals surface area contributed by atoms with Crippen LogP contribution in [-0.2, 0) is 0 Å². The number of para-hydroxylation sites is 1. The molecule has 2 aliphatic rings. The Balaban J connectivity index is 1.32. The molecule has 144 valence electrons. The Bertz CT molecular complexity index is 942. The summed E-state index contributed by atoms with van der Waals surface area (Å²) in [7, 11) is 0. The standard InChI is InChI=1S/C23H25N3OS/c27-23(26-15-5-6-19(26)16-25-13-3-4-14-25)18-11-9-17(10-12-18)22-24-20-7-1-2-8-21(20)28-22/h1-2,7-12,19H,3-6,13-16H2. The first-order valence-electron chi connectivity index (χ1n) is 10.3. The number of rotatable bonds is 4. The van der Waals surface area contributed by atoms with Gasteiger partial charge < -0.3 is 9.80 Å². The van der Waals surface area contributed by atoms with Crippen LogP contribution in [0.1, 0.15) is 36.0 Å². The number of carbonyl (C=O) groups is 1. The number of hydrogen-bond acceptors (Lipinski definition) is 4. The van der Waals surface area contributed by atoms with Gasteiger partial charge in [-0.05, 0) is 63.0 Å². The Morgan fingerprint density at radius 3 is 2.57 bits per heavy atom. The molecule has 4 nitrogen and oxygen atoms in total. The first kappa shape index (κ1) is 17.8. The Kier molecular flexibility index (Phi) is 4.87. The van der Waals surface area contributed by atoms with Gasteiger partial charge in [-0.2, -0.15) is 0 Å². The number of fused-ring (bicyclic) bond motifs is 1. The van der Waals surface area contributed by atoms with Gasteiger partial charge in [-0.15, -0.1) is 11.3 Å². The van der Waals surface area contributed by atoms with E-state index in [1.54, 1.807) is 11.3 Å². The molecule has 2 aliphatic heterocycles. The van der Waals surface area contributed by atoms with Crippen LogP contribution in [0.2, 0.25) is 0 Å². The van der Waals surface area contributed by atoms with Crippen molar-refractivity contribution in [2.24, 2.45) is 0 Å². The first-order chi connectivity index (χ1) is 13.8. The third kappa shape index (κ3) is 3.45. The molecule has 2 fully saturated rings. The van der Waals surface area contributed by atoms with Crippen LogP contribution < -0.4 is 0 Å². The lowest BCUT2D eigenvalue weighted by Gasteiger charge is -2.28. The molecule has 0 spiro atoms. The summed E-state index contributed by atoms with van der Waals surface area (Å²) in [6, 6.07) is 16.6. The van der Waals surface area contributed by atoms with Crippen molar-refractivity contribution in [1.82, 2.24) is 14.8 Å². The van der Waals surface area contributed by atoms with Crippen LogP contribution in [0, 0.1) is 0 Å². The molecule has 1 aromatic heterocycles. The number of thiazole rings is 1. The molecule has 3 aromatic rings. The second-order valence-electron chi connectivity index (χ2n) is 7.87. The Labute approximate surface area is 169 Å². The zero-order chi connectivity index (χ0) is 18.9. The molecule has 1 unspecified atom stereocenters. The fraction of sp³-hybridized carbons (Fsp3) is 0.391. The number of nitrogens with zero attached hydrogens (tertiary/aromatic N) is 3. The molecule has 2 aromatic carbocycles. The van der Waals surface area contributed by atoms with Crippen LogP contribution in [0.15, 0.2) is 48.5 Å². The monoisotopic (exact) mass is 391 g/mol. The van der Waals surface area contributed by atoms with E-state index in [9.17, 15) is 4.79 Å². The molecule has 0 saturated carbocycles. The summed E-state index contributed by atoms with van der Waals surface area (Å²) in [5.74, 6) is 0.178. The molecule has 1 atom stereocenters. The average Bonchev–Trinajstić information content (AvgIpc) is 3.48. The average molecular weight is 392 g/mol. The molecule has 3 heterocycles. The highest BCUT2D eigenvalue weighted by Gasteiger charge is 2.31. The number of carbonyl (C=O) groups excluding carboxylic acids is 1. The number of benzene rings is 2. The lowest BCUT2D eigenvalue weighted by Crippen LogP contribution is -2.42. The van der Waals surface area contributed by atoms with Crippen molar-refractivity contribution in [1.29, 1.82) is 0 Å². The van der Waals surface area contributed by atoms with Gasteiger partial charge in [-0.3, -0.25) is 4.79 Å². The van der Waals surface area contributed by atoms with E-state index in [4.69, 9.17) is 4.98 Å². The van der Waals surface area contributed by atoms with Gasteiger partial charge in [0.2, 0.25) is 0 Å². The zero-order valence-corrected chi connectivity index (χ0v) is 16.8. The van der Waals surface area contributed by atoms with Crippen molar-refractivity contribution in [3.05, 3.63) is 54.1 Å². The molecular formula is C23H25N3OS. The van der Waals surface area contributed by atoms with E-state index >= 15 is 0 Å². The lowest BCUT2D eigenvalue weighted by molar-refractivity contribution is 0.0709. The van der Waals surface area contributed by atoms with Crippen molar-refractivity contribution in [2.45, 2.75) is 31.7 Å². The van der Waals surface area contributed by atoms with E-state index in [1.165, 1.54) is 30.6 Å². The first-order valence-corrected chi connectivity index (χ1v) is 11.1. The molecule has 0 aliphatic carbocycles. The molecule has 1 amide bonds. The highest BCUT2D eigenvalue weighted by Crippen LogP contribution is 2.30. The van der Waals surface area contributed by atoms with Crippen LogP contribution in [0.25, 0.3) is 20.8 Å². The quantitative estimate of drug-likeness (QED) is 0.649. The van der Waals surface area contributed by atoms with E-state index in [0.29, 0.717) is 6.04 Å². The maximum Gasteiger partial charge on any atom is 0.254 e. The maximum absolute atomic E-state index is 13.1. The summed E-state index contributed by atoms with van der Waals surface area (Å²) in [5.41, 5.74) is 2.90. The van der Waals surface area contributed by atoms with Gasteiger partial charge in [0, 0.05) is 30.3 Å². The van der Waals surface area contributed by atoms with Crippen LogP contribution in [0.3, 0.4) is 0 Å². The van der Waals surface area contributed by atoms with Crippen molar-refractivity contribution < 1.29 is 4.79 Å². The lowest BCUT2D eigenvalue weighted by atomic mass is 10.1. The van der Waals surface area contributed by atoms with E-state index in [-0.39, 0.29) is 5.91 Å². The second kappa shape index (κ2) is 7.64. The van der Waals surface area contributed by atoms with Gasteiger partial charge in [0.25, 0.3) is 5.91 Å². The van der Waals surface area contributed by atoms with E-state index < -0.39 is 0 Å². The zero-order valence-electron chi connectivity index (χ0n) is 16.0. The van der Waals surface area contributed by atoms with Gasteiger partial charge in [-0.1, -0.05) is 24.3 Å². The fourth-order valence-electron chi connectivity index (χ4n) is 4.47. The number of hydrogen-bond donors (Lipinski definition) is 0. The van der Waals surface area contributed by atoms with Crippen LogP contribution >= 0.6 is 11.3 Å². The van der Waals surface area contributed by atoms with Crippen molar-refractivity contribution in [2.75, 3.05) is 26.2 Å². The van der Waals surface area contributed by atoms with Gasteiger partial charge in [0.05, 0.1) is 10.2 Å². The number of aromatic nitrogens is 1. The predicted molar refractivity (Wildman–Crippen MR) is 115 cm³/mol. The maximum atomic E-state index is 13.1. The topological polar surface area (TPSA) is 36.4 Å². The van der Waals surface area contributed by atoms with Gasteiger partial charge >= 0.3 is 0 Å². The highest BCUT2D eigenvalue weighted by atomic mass is 32.1. The predicted octanol–water partition coefficient (Wildman–Crippen LogP) is 4.66. The summed E-state index contributed by atoms with van der Waals surface area (Å²) in [5, 5.41) is 1.01. The summed E-state index contributed by atoms with van der Waals surface area (Å²) >= 11 is 1.70. The molecule has 0 bridgehead atoms. The second-order valence-corrected chi connectivity index (χ2v) is 8.90. The number of amides is 1. The summed E-state index contributed by atoms with van der Waals surface area (Å²) < 4.78 is 1.19. The molecule has 5 heteroatoms. The molecule has 5 rings (SSSR count). The van der Waals surface area contributed by atoms with Crippen molar-refractivity contribution in [3.8, 4) is 10.6 Å². The van der Waals surface area contributed by atoms with Crippen LogP contribution in [0.4, 0.5) is 0 Å². The minimum atomic E-state index is 0.178. The minimum absolute atomic E-state index is 0.178. The highest BCUT2D eigenvalue weighted by molar-refractivity contribution is 7.21. The SMILES string of the molecule is O=C(c1ccc(-c2nc3ccccc3s2)cc1)N1CCCC1CN1CCCC1. The largest absolute Gasteiger partial charge is 0.334 e. The third-order valence-corrected chi connectivity index (χ3v) is 7.06. The molecule has 0 N–H and O–H groups in total. The summed E-state index contributed by atoms with van der Waals surface area (Å²) in [6.45, 7) is 4.30. The van der Waals surface area contributed by atoms with Crippen LogP contribution in [0.5, 0.6) is 0 Å². The van der Waals surface area contributed by atoms with Gasteiger partial charge in [-0.25, -0.2) is 4.98 Å². The summed E-state index contributed by atoms with van der Waals surface area (Å²) in [6.07, 6.45) is 4.85. The van der Waals surface area contributed by atoms with Gasteiger partial charge in [0.1, 0.15) is 5.01 Å². The third-order valence-electron chi connectivity index (χ3n) is 5.98. The molecule has 2 saturated heterocycles.